The smallest absolute Gasteiger partial charge is 0.401 e. The Kier molecular flexibility index (Phi) is 11.5. The number of aliphatic hydroxyl groups is 1. The van der Waals surface area contributed by atoms with Crippen molar-refractivity contribution in [2.45, 2.75) is 73.9 Å². The van der Waals surface area contributed by atoms with Gasteiger partial charge in [-0.25, -0.2) is 4.98 Å². The number of aromatic nitrogens is 2. The molecule has 265 valence electrons. The van der Waals surface area contributed by atoms with E-state index in [4.69, 9.17) is 9.97 Å². The zero-order chi connectivity index (χ0) is 36.1. The molecule has 0 aliphatic heterocycles. The summed E-state index contributed by atoms with van der Waals surface area (Å²) in [4.78, 5) is 23.4. The van der Waals surface area contributed by atoms with E-state index >= 15 is 0 Å². The molecule has 1 radical (unpaired) electrons. The average Bonchev–Trinajstić information content (AvgIpc) is 3.55. The van der Waals surface area contributed by atoms with Gasteiger partial charge in [-0.05, 0) is 55.7 Å². The zero-order valence-corrected chi connectivity index (χ0v) is 33.5. The number of allylic oxidation sites excluding steroid dienone is 2. The Morgan fingerprint density at radius 1 is 0.880 bits per heavy atom. The number of carbonyl (C=O) groups is 1. The largest absolute Gasteiger partial charge is 0.512 e. The second-order valence-corrected chi connectivity index (χ2v) is 16.2. The first kappa shape index (κ1) is 39.4. The topological polar surface area (TPSA) is 63.1 Å². The van der Waals surface area contributed by atoms with Gasteiger partial charge in [-0.15, -0.1) is 51.8 Å². The van der Waals surface area contributed by atoms with Gasteiger partial charge < -0.3 is 5.11 Å². The van der Waals surface area contributed by atoms with Crippen molar-refractivity contribution in [2.75, 3.05) is 0 Å². The van der Waals surface area contributed by atoms with Crippen molar-refractivity contribution in [3.05, 3.63) is 95.5 Å². The standard InChI is InChI=1S/C30H25N2S2.C10H15F3O2.Ir/c1-17-21-11-8-9-13-24(21)33-27(17)28-18(2)25-29(34-28)26(32-16-31-25)20-14-19-10-6-7-12-22(19)23(15-20)30(3,4)5;1-6(2)7(14)5-8(15)9(3,4)10(11,12)13;/h6-13,15-16H,1-5H3;5-6,14H,1-4H3;/q-1;;/b;7-5-;. The molecule has 0 amide bonds. The molecule has 0 aliphatic rings. The molecule has 0 spiro atoms. The van der Waals surface area contributed by atoms with E-state index in [-0.39, 0.29) is 37.2 Å². The molecule has 1 N–H and O–H groups in total. The molecule has 0 unspecified atom stereocenters. The minimum absolute atomic E-state index is 0. The first-order valence-electron chi connectivity index (χ1n) is 16.0. The molecule has 3 aromatic heterocycles. The summed E-state index contributed by atoms with van der Waals surface area (Å²) in [6.07, 6.45) is -2.26. The number of hydrogen-bond acceptors (Lipinski definition) is 6. The van der Waals surface area contributed by atoms with Crippen LogP contribution >= 0.6 is 22.7 Å². The Labute approximate surface area is 312 Å². The maximum atomic E-state index is 12.4. The van der Waals surface area contributed by atoms with E-state index in [0.717, 1.165) is 40.7 Å². The number of ketones is 1. The fourth-order valence-corrected chi connectivity index (χ4v) is 8.14. The van der Waals surface area contributed by atoms with E-state index in [2.05, 4.69) is 95.3 Å². The van der Waals surface area contributed by atoms with E-state index in [1.165, 1.54) is 41.9 Å². The Hall–Kier alpha value is -3.43. The van der Waals surface area contributed by atoms with Crippen molar-refractivity contribution in [2.24, 2.45) is 11.3 Å². The van der Waals surface area contributed by atoms with Crippen LogP contribution in [0.15, 0.2) is 72.8 Å². The second kappa shape index (κ2) is 14.7. The molecule has 3 aromatic carbocycles. The van der Waals surface area contributed by atoms with E-state index in [0.29, 0.717) is 6.08 Å². The fourth-order valence-electron chi connectivity index (χ4n) is 5.42. The number of thiophene rings is 2. The van der Waals surface area contributed by atoms with Crippen LogP contribution in [0.4, 0.5) is 13.2 Å². The molecular formula is C40H40F3IrN2O2S2-. The monoisotopic (exact) mass is 894 g/mol. The van der Waals surface area contributed by atoms with Gasteiger partial charge >= 0.3 is 6.18 Å². The number of benzene rings is 3. The molecule has 0 saturated heterocycles. The molecule has 0 bridgehead atoms. The number of aryl methyl sites for hydroxylation is 2. The van der Waals surface area contributed by atoms with Gasteiger partial charge in [-0.3, -0.25) is 9.78 Å². The number of alkyl halides is 3. The number of rotatable bonds is 5. The quantitative estimate of drug-likeness (QED) is 0.106. The Morgan fingerprint density at radius 3 is 2.08 bits per heavy atom. The Bertz CT molecular complexity index is 2220. The summed E-state index contributed by atoms with van der Waals surface area (Å²) in [5.74, 6) is -1.84. The number of carbonyl (C=O) groups excluding carboxylic acids is 1. The summed E-state index contributed by atoms with van der Waals surface area (Å²) in [5, 5.41) is 12.9. The number of hydrogen-bond donors (Lipinski definition) is 1. The minimum atomic E-state index is -4.61. The van der Waals surface area contributed by atoms with Gasteiger partial charge in [0.1, 0.15) is 11.7 Å². The van der Waals surface area contributed by atoms with Gasteiger partial charge in [0.2, 0.25) is 0 Å². The maximum Gasteiger partial charge on any atom is 0.401 e. The summed E-state index contributed by atoms with van der Waals surface area (Å²) in [5.41, 5.74) is 4.50. The van der Waals surface area contributed by atoms with Crippen LogP contribution in [0.5, 0.6) is 0 Å². The molecule has 0 fully saturated rings. The molecule has 0 saturated carbocycles. The first-order valence-corrected chi connectivity index (χ1v) is 17.7. The summed E-state index contributed by atoms with van der Waals surface area (Å²) in [6.45, 7) is 16.0. The molecule has 4 nitrogen and oxygen atoms in total. The number of halogens is 3. The van der Waals surface area contributed by atoms with Gasteiger partial charge in [-0.2, -0.15) is 13.2 Å². The third kappa shape index (κ3) is 7.59. The van der Waals surface area contributed by atoms with Gasteiger partial charge in [0, 0.05) is 56.9 Å². The van der Waals surface area contributed by atoms with Gasteiger partial charge in [0.05, 0.1) is 11.3 Å². The van der Waals surface area contributed by atoms with Crippen molar-refractivity contribution in [1.29, 1.82) is 0 Å². The summed E-state index contributed by atoms with van der Waals surface area (Å²) in [6, 6.07) is 23.2. The van der Waals surface area contributed by atoms with E-state index in [1.807, 2.05) is 22.7 Å². The number of nitrogens with zero attached hydrogens (tertiary/aromatic N) is 2. The normalized spacial score (nSPS) is 12.7. The van der Waals surface area contributed by atoms with E-state index in [1.54, 1.807) is 20.2 Å². The molecule has 0 atom stereocenters. The Balaban J connectivity index is 0.000000301. The zero-order valence-electron chi connectivity index (χ0n) is 29.5. The summed E-state index contributed by atoms with van der Waals surface area (Å²) in [7, 11) is 0. The number of aliphatic hydroxyl groups excluding tert-OH is 1. The van der Waals surface area contributed by atoms with Crippen LogP contribution in [0.3, 0.4) is 0 Å². The molecule has 6 rings (SSSR count). The van der Waals surface area contributed by atoms with Crippen molar-refractivity contribution in [3.8, 4) is 21.0 Å². The SMILES string of the molecule is CC(C)/C(O)=C/C(=O)C(C)(C)C(F)(F)F.Cc1c(-c2sc3c(-c4[c-]c5ccccc5c(C(C)(C)C)c4)ncnc3c2C)sc2ccccc12.[Ir]. The van der Waals surface area contributed by atoms with Crippen LogP contribution < -0.4 is 0 Å². The van der Waals surface area contributed by atoms with E-state index in [9.17, 15) is 23.1 Å². The molecule has 10 heteroatoms. The molecular weight excluding hydrogens is 854 g/mol. The van der Waals surface area contributed by atoms with Gasteiger partial charge in [0.15, 0.2) is 5.78 Å². The van der Waals surface area contributed by atoms with E-state index < -0.39 is 17.4 Å². The maximum absolute atomic E-state index is 12.4. The fraction of sp³-hybridized carbons (Fsp3) is 0.325. The van der Waals surface area contributed by atoms with Gasteiger partial charge in [-0.1, -0.05) is 82.0 Å². The Morgan fingerprint density at radius 2 is 1.48 bits per heavy atom. The van der Waals surface area contributed by atoms with Crippen molar-refractivity contribution in [1.82, 2.24) is 9.97 Å². The first-order chi connectivity index (χ1) is 22.8. The van der Waals surface area contributed by atoms with Crippen molar-refractivity contribution in [3.63, 3.8) is 0 Å². The molecule has 50 heavy (non-hydrogen) atoms. The predicted octanol–water partition coefficient (Wildman–Crippen LogP) is 12.3. The molecule has 6 aromatic rings. The van der Waals surface area contributed by atoms with Crippen molar-refractivity contribution >= 4 is 59.5 Å². The van der Waals surface area contributed by atoms with Crippen LogP contribution in [0, 0.1) is 31.2 Å². The van der Waals surface area contributed by atoms with Crippen LogP contribution in [0.2, 0.25) is 0 Å². The third-order valence-corrected chi connectivity index (χ3v) is 11.5. The summed E-state index contributed by atoms with van der Waals surface area (Å²) < 4.78 is 39.7. The van der Waals surface area contributed by atoms with Crippen LogP contribution in [0.25, 0.3) is 52.1 Å². The number of fused-ring (bicyclic) bond motifs is 3. The van der Waals surface area contributed by atoms with Crippen LogP contribution in [-0.4, -0.2) is 27.0 Å². The second-order valence-electron chi connectivity index (χ2n) is 14.1. The van der Waals surface area contributed by atoms with Crippen LogP contribution in [0.1, 0.15) is 65.2 Å². The molecule has 0 aliphatic carbocycles. The predicted molar refractivity (Wildman–Crippen MR) is 199 cm³/mol. The summed E-state index contributed by atoms with van der Waals surface area (Å²) >= 11 is 3.68. The molecule has 3 heterocycles. The average molecular weight is 894 g/mol. The minimum Gasteiger partial charge on any atom is -0.512 e. The van der Waals surface area contributed by atoms with Crippen LogP contribution in [-0.2, 0) is 30.3 Å². The van der Waals surface area contributed by atoms with Gasteiger partial charge in [0.25, 0.3) is 0 Å². The van der Waals surface area contributed by atoms with Crippen molar-refractivity contribution < 1.29 is 43.2 Å². The third-order valence-electron chi connectivity index (χ3n) is 8.79.